The van der Waals surface area contributed by atoms with Gasteiger partial charge in [0.1, 0.15) is 5.75 Å². The highest BCUT2D eigenvalue weighted by Gasteiger charge is 2.34. The molecule has 0 N–H and O–H groups in total. The molecular weight excluding hydrogens is 450 g/mol. The van der Waals surface area contributed by atoms with E-state index in [0.29, 0.717) is 30.0 Å². The predicted molar refractivity (Wildman–Crippen MR) is 130 cm³/mol. The van der Waals surface area contributed by atoms with E-state index >= 15 is 0 Å². The third-order valence-electron chi connectivity index (χ3n) is 5.82. The standard InChI is InChI=1S/C26H31N3O4S/c1-19(2)16-29-23(17-28(22-12-13-22)25(30)21-9-5-4-6-10-21)15-27-26(29)34(31,32)18-20-8-7-11-24(14-20)33-3/h4-11,14-15,19,22H,12-13,16-18H2,1-3H3. The first-order valence-electron chi connectivity index (χ1n) is 11.5. The third kappa shape index (κ3) is 5.50. The molecule has 1 amide bonds. The van der Waals surface area contributed by atoms with Crippen LogP contribution in [0.25, 0.3) is 0 Å². The van der Waals surface area contributed by atoms with E-state index < -0.39 is 9.84 Å². The molecule has 7 nitrogen and oxygen atoms in total. The molecule has 1 aliphatic rings. The number of methoxy groups -OCH3 is 1. The van der Waals surface area contributed by atoms with Crippen molar-refractivity contribution in [2.45, 2.75) is 56.7 Å². The minimum absolute atomic E-state index is 0.0406. The number of aromatic nitrogens is 2. The van der Waals surface area contributed by atoms with Gasteiger partial charge in [-0.2, -0.15) is 0 Å². The van der Waals surface area contributed by atoms with E-state index in [2.05, 4.69) is 4.98 Å². The van der Waals surface area contributed by atoms with Crippen LogP contribution in [0.1, 0.15) is 48.3 Å². The summed E-state index contributed by atoms with van der Waals surface area (Å²) in [5, 5.41) is 0.0435. The number of ether oxygens (including phenoxy) is 1. The van der Waals surface area contributed by atoms with Crippen molar-refractivity contribution in [2.24, 2.45) is 5.92 Å². The summed E-state index contributed by atoms with van der Waals surface area (Å²) in [5.41, 5.74) is 2.00. The van der Waals surface area contributed by atoms with Gasteiger partial charge in [0.25, 0.3) is 5.91 Å². The SMILES string of the molecule is COc1cccc(CS(=O)(=O)c2ncc(CN(C(=O)c3ccccc3)C3CC3)n2CC(C)C)c1. The molecule has 0 atom stereocenters. The summed E-state index contributed by atoms with van der Waals surface area (Å²) in [6.07, 6.45) is 3.52. The molecule has 8 heteroatoms. The molecule has 0 unspecified atom stereocenters. The minimum Gasteiger partial charge on any atom is -0.497 e. The molecule has 0 bridgehead atoms. The van der Waals surface area contributed by atoms with Gasteiger partial charge in [0.05, 0.1) is 31.3 Å². The Hall–Kier alpha value is -3.13. The molecule has 1 aromatic heterocycles. The third-order valence-corrected chi connectivity index (χ3v) is 7.42. The van der Waals surface area contributed by atoms with E-state index in [-0.39, 0.29) is 28.8 Å². The molecule has 180 valence electrons. The lowest BCUT2D eigenvalue weighted by molar-refractivity contribution is 0.0725. The first-order valence-corrected chi connectivity index (χ1v) is 13.2. The van der Waals surface area contributed by atoms with Crippen LogP contribution in [0, 0.1) is 5.92 Å². The molecule has 0 radical (unpaired) electrons. The number of imidazole rings is 1. The summed E-state index contributed by atoms with van der Waals surface area (Å²) in [4.78, 5) is 19.4. The fourth-order valence-electron chi connectivity index (χ4n) is 4.05. The Morgan fingerprint density at radius 2 is 1.88 bits per heavy atom. The van der Waals surface area contributed by atoms with Crippen LogP contribution >= 0.6 is 0 Å². The summed E-state index contributed by atoms with van der Waals surface area (Å²) in [6.45, 7) is 4.90. The smallest absolute Gasteiger partial charge is 0.254 e. The Bertz CT molecular complexity index is 1250. The van der Waals surface area contributed by atoms with Crippen molar-refractivity contribution in [3.05, 3.63) is 77.6 Å². The van der Waals surface area contributed by atoms with Gasteiger partial charge >= 0.3 is 0 Å². The fraction of sp³-hybridized carbons (Fsp3) is 0.385. The van der Waals surface area contributed by atoms with Crippen LogP contribution in [0.5, 0.6) is 5.75 Å². The number of amides is 1. The van der Waals surface area contributed by atoms with Crippen molar-refractivity contribution >= 4 is 15.7 Å². The minimum atomic E-state index is -3.71. The van der Waals surface area contributed by atoms with Gasteiger partial charge in [-0.1, -0.05) is 44.2 Å². The lowest BCUT2D eigenvalue weighted by atomic mass is 10.2. The first-order chi connectivity index (χ1) is 16.3. The van der Waals surface area contributed by atoms with Gasteiger partial charge in [0.2, 0.25) is 15.0 Å². The van der Waals surface area contributed by atoms with E-state index in [1.165, 1.54) is 0 Å². The maximum absolute atomic E-state index is 13.4. The predicted octanol–water partition coefficient (Wildman–Crippen LogP) is 4.33. The highest BCUT2D eigenvalue weighted by molar-refractivity contribution is 7.90. The maximum Gasteiger partial charge on any atom is 0.254 e. The molecule has 4 rings (SSSR count). The average Bonchev–Trinajstić information content (AvgIpc) is 3.58. The van der Waals surface area contributed by atoms with Crippen LogP contribution in [0.3, 0.4) is 0 Å². The number of hydrogen-bond acceptors (Lipinski definition) is 5. The molecule has 2 aromatic carbocycles. The van der Waals surface area contributed by atoms with Crippen molar-refractivity contribution in [2.75, 3.05) is 7.11 Å². The van der Waals surface area contributed by atoms with E-state index in [1.807, 2.05) is 49.1 Å². The van der Waals surface area contributed by atoms with Crippen LogP contribution < -0.4 is 4.74 Å². The van der Waals surface area contributed by atoms with E-state index in [1.54, 1.807) is 42.1 Å². The number of nitrogens with zero attached hydrogens (tertiary/aromatic N) is 3. The largest absolute Gasteiger partial charge is 0.497 e. The summed E-state index contributed by atoms with van der Waals surface area (Å²) in [5.74, 6) is 0.603. The molecule has 1 heterocycles. The molecule has 34 heavy (non-hydrogen) atoms. The van der Waals surface area contributed by atoms with Gasteiger partial charge < -0.3 is 14.2 Å². The second-order valence-corrected chi connectivity index (χ2v) is 11.1. The number of hydrogen-bond donors (Lipinski definition) is 0. The van der Waals surface area contributed by atoms with Crippen molar-refractivity contribution in [1.29, 1.82) is 0 Å². The molecule has 0 saturated heterocycles. The van der Waals surface area contributed by atoms with Gasteiger partial charge in [0, 0.05) is 18.2 Å². The second kappa shape index (κ2) is 10.0. The number of sulfone groups is 1. The highest BCUT2D eigenvalue weighted by atomic mass is 32.2. The zero-order chi connectivity index (χ0) is 24.3. The van der Waals surface area contributed by atoms with Gasteiger partial charge in [-0.3, -0.25) is 4.79 Å². The quantitative estimate of drug-likeness (QED) is 0.431. The number of benzene rings is 2. The first kappa shape index (κ1) is 24.0. The molecule has 1 saturated carbocycles. The maximum atomic E-state index is 13.4. The highest BCUT2D eigenvalue weighted by Crippen LogP contribution is 2.31. The average molecular weight is 482 g/mol. The number of carbonyl (C=O) groups is 1. The van der Waals surface area contributed by atoms with E-state index in [0.717, 1.165) is 18.5 Å². The Labute approximate surface area is 201 Å². The monoisotopic (exact) mass is 481 g/mol. The second-order valence-electron chi connectivity index (χ2n) is 9.18. The van der Waals surface area contributed by atoms with Crippen molar-refractivity contribution in [3.8, 4) is 5.75 Å². The van der Waals surface area contributed by atoms with Gasteiger partial charge in [0.15, 0.2) is 0 Å². The zero-order valence-electron chi connectivity index (χ0n) is 19.8. The van der Waals surface area contributed by atoms with E-state index in [4.69, 9.17) is 4.74 Å². The molecule has 0 aliphatic heterocycles. The zero-order valence-corrected chi connectivity index (χ0v) is 20.7. The molecule has 1 aliphatic carbocycles. The molecular formula is C26H31N3O4S. The van der Waals surface area contributed by atoms with Crippen molar-refractivity contribution in [1.82, 2.24) is 14.5 Å². The van der Waals surface area contributed by atoms with Crippen molar-refractivity contribution in [3.63, 3.8) is 0 Å². The fourth-order valence-corrected chi connectivity index (χ4v) is 5.54. The lowest BCUT2D eigenvalue weighted by Gasteiger charge is -2.24. The van der Waals surface area contributed by atoms with Crippen LogP contribution in [0.4, 0.5) is 0 Å². The normalized spacial score (nSPS) is 13.8. The van der Waals surface area contributed by atoms with Gasteiger partial charge in [-0.15, -0.1) is 0 Å². The van der Waals surface area contributed by atoms with Crippen LogP contribution in [-0.2, 0) is 28.7 Å². The van der Waals surface area contributed by atoms with Crippen molar-refractivity contribution < 1.29 is 17.9 Å². The Balaban J connectivity index is 1.65. The summed E-state index contributed by atoms with van der Waals surface area (Å²) in [7, 11) is -2.16. The Morgan fingerprint density at radius 1 is 1.15 bits per heavy atom. The van der Waals surface area contributed by atoms with Crippen LogP contribution in [0.15, 0.2) is 66.0 Å². The van der Waals surface area contributed by atoms with Crippen LogP contribution in [0.2, 0.25) is 0 Å². The summed E-state index contributed by atoms with van der Waals surface area (Å²) in [6, 6.07) is 16.4. The summed E-state index contributed by atoms with van der Waals surface area (Å²) < 4.78 is 33.8. The van der Waals surface area contributed by atoms with Gasteiger partial charge in [-0.25, -0.2) is 13.4 Å². The molecule has 3 aromatic rings. The lowest BCUT2D eigenvalue weighted by Crippen LogP contribution is -2.33. The van der Waals surface area contributed by atoms with E-state index in [9.17, 15) is 13.2 Å². The molecule has 1 fully saturated rings. The summed E-state index contributed by atoms with van der Waals surface area (Å²) >= 11 is 0. The topological polar surface area (TPSA) is 81.5 Å². The van der Waals surface area contributed by atoms with Gasteiger partial charge in [-0.05, 0) is 48.6 Å². The number of rotatable bonds is 10. The Morgan fingerprint density at radius 3 is 2.53 bits per heavy atom. The number of carbonyl (C=O) groups excluding carboxylic acids is 1. The Kier molecular flexibility index (Phi) is 7.07. The molecule has 0 spiro atoms. The van der Waals surface area contributed by atoms with Crippen LogP contribution in [-0.4, -0.2) is 41.9 Å².